The Labute approximate surface area is 105 Å². The minimum atomic E-state index is -0.306. The highest BCUT2D eigenvalue weighted by atomic mass is 16.4. The van der Waals surface area contributed by atoms with Crippen LogP contribution >= 0.6 is 0 Å². The number of oxime groups is 1. The Hall–Kier alpha value is -2.17. The highest BCUT2D eigenvalue weighted by Crippen LogP contribution is 2.27. The van der Waals surface area contributed by atoms with Crippen LogP contribution < -0.4 is 4.90 Å². The van der Waals surface area contributed by atoms with Gasteiger partial charge in [-0.15, -0.1) is 0 Å². The molecular weight excluding hydrogens is 232 g/mol. The van der Waals surface area contributed by atoms with Gasteiger partial charge in [0, 0.05) is 24.7 Å². The molecule has 0 spiro atoms. The molecule has 94 valence electrons. The molecular formula is C13H14N2O3. The molecule has 1 aliphatic heterocycles. The Bertz CT molecular complexity index is 549. The fourth-order valence-electron chi connectivity index (χ4n) is 2.05. The van der Waals surface area contributed by atoms with E-state index >= 15 is 0 Å². The summed E-state index contributed by atoms with van der Waals surface area (Å²) in [5.41, 5.74) is 2.33. The van der Waals surface area contributed by atoms with Crippen LogP contribution in [-0.4, -0.2) is 29.7 Å². The van der Waals surface area contributed by atoms with Crippen LogP contribution in [0, 0.1) is 0 Å². The quantitative estimate of drug-likeness (QED) is 0.373. The van der Waals surface area contributed by atoms with Gasteiger partial charge >= 0.3 is 0 Å². The fraction of sp³-hybridized carbons (Fsp3) is 0.308. The number of carbonyl (C=O) groups excluding carboxylic acids is 2. The second-order valence-electron chi connectivity index (χ2n) is 4.31. The molecule has 1 aliphatic rings. The molecule has 0 aliphatic carbocycles. The predicted molar refractivity (Wildman–Crippen MR) is 67.4 cm³/mol. The second-order valence-corrected chi connectivity index (χ2v) is 4.31. The Kier molecular flexibility index (Phi) is 3.14. The molecule has 1 N–H and O–H groups in total. The van der Waals surface area contributed by atoms with Crippen LogP contribution in [0.25, 0.3) is 0 Å². The standard InChI is InChI=1S/C13H14N2O3/c1-8(14-18)13(17)10-3-5-11-9(7-10)4-6-12(16)15(11)2/h3,5,7,18H,4,6H2,1-2H3. The zero-order valence-electron chi connectivity index (χ0n) is 10.3. The largest absolute Gasteiger partial charge is 0.411 e. The molecule has 1 amide bonds. The number of hydrogen-bond donors (Lipinski definition) is 1. The number of Topliss-reactive ketones (excluding diaryl/α,β-unsaturated/α-hetero) is 1. The van der Waals surface area contributed by atoms with E-state index in [1.54, 1.807) is 30.1 Å². The third-order valence-electron chi connectivity index (χ3n) is 3.16. The average Bonchev–Trinajstić information content (AvgIpc) is 2.41. The van der Waals surface area contributed by atoms with Crippen LogP contribution in [0.5, 0.6) is 0 Å². The molecule has 1 aromatic carbocycles. The van der Waals surface area contributed by atoms with Gasteiger partial charge in [0.25, 0.3) is 0 Å². The summed E-state index contributed by atoms with van der Waals surface area (Å²) in [4.78, 5) is 25.0. The van der Waals surface area contributed by atoms with Crippen molar-refractivity contribution in [2.75, 3.05) is 11.9 Å². The third kappa shape index (κ3) is 1.99. The SMILES string of the molecule is CC(=NO)C(=O)c1ccc2c(c1)CCC(=O)N2C. The van der Waals surface area contributed by atoms with Gasteiger partial charge in [0.2, 0.25) is 11.7 Å². The van der Waals surface area contributed by atoms with Crippen LogP contribution in [-0.2, 0) is 11.2 Å². The maximum Gasteiger partial charge on any atom is 0.227 e. The third-order valence-corrected chi connectivity index (χ3v) is 3.16. The first kappa shape index (κ1) is 12.3. The Morgan fingerprint density at radius 3 is 2.78 bits per heavy atom. The van der Waals surface area contributed by atoms with Gasteiger partial charge in [-0.3, -0.25) is 9.59 Å². The minimum absolute atomic E-state index is 0.0511. The number of nitrogens with zero attached hydrogens (tertiary/aromatic N) is 2. The number of carbonyl (C=O) groups is 2. The number of amides is 1. The molecule has 0 radical (unpaired) electrons. The number of hydrogen-bond acceptors (Lipinski definition) is 4. The molecule has 18 heavy (non-hydrogen) atoms. The average molecular weight is 246 g/mol. The van der Waals surface area contributed by atoms with E-state index in [1.807, 2.05) is 0 Å². The number of fused-ring (bicyclic) bond motifs is 1. The number of benzene rings is 1. The maximum absolute atomic E-state index is 11.8. The zero-order chi connectivity index (χ0) is 13.3. The van der Waals surface area contributed by atoms with E-state index in [1.165, 1.54) is 6.92 Å². The molecule has 0 aromatic heterocycles. The predicted octanol–water partition coefficient (Wildman–Crippen LogP) is 1.63. The van der Waals surface area contributed by atoms with E-state index in [9.17, 15) is 9.59 Å². The van der Waals surface area contributed by atoms with Crippen molar-refractivity contribution in [1.82, 2.24) is 0 Å². The highest BCUT2D eigenvalue weighted by molar-refractivity contribution is 6.45. The van der Waals surface area contributed by atoms with Crippen LogP contribution in [0.2, 0.25) is 0 Å². The molecule has 0 saturated carbocycles. The van der Waals surface area contributed by atoms with Gasteiger partial charge in [-0.2, -0.15) is 0 Å². The van der Waals surface area contributed by atoms with E-state index in [2.05, 4.69) is 5.16 Å². The Balaban J connectivity index is 2.40. The van der Waals surface area contributed by atoms with Crippen LogP contribution in [0.1, 0.15) is 29.3 Å². The van der Waals surface area contributed by atoms with E-state index in [0.29, 0.717) is 18.4 Å². The Morgan fingerprint density at radius 2 is 2.11 bits per heavy atom. The van der Waals surface area contributed by atoms with E-state index < -0.39 is 0 Å². The van der Waals surface area contributed by atoms with Crippen molar-refractivity contribution in [2.45, 2.75) is 19.8 Å². The number of ketones is 1. The van der Waals surface area contributed by atoms with E-state index in [4.69, 9.17) is 5.21 Å². The van der Waals surface area contributed by atoms with Crippen molar-refractivity contribution < 1.29 is 14.8 Å². The summed E-state index contributed by atoms with van der Waals surface area (Å²) >= 11 is 0. The van der Waals surface area contributed by atoms with Gasteiger partial charge in [0.15, 0.2) is 0 Å². The summed E-state index contributed by atoms with van der Waals surface area (Å²) in [5.74, 6) is -0.227. The van der Waals surface area contributed by atoms with Crippen LogP contribution in [0.4, 0.5) is 5.69 Å². The summed E-state index contributed by atoms with van der Waals surface area (Å²) in [6, 6.07) is 5.16. The van der Waals surface area contributed by atoms with Crippen molar-refractivity contribution in [2.24, 2.45) is 5.16 Å². The summed E-state index contributed by atoms with van der Waals surface area (Å²) in [6.45, 7) is 1.46. The summed E-state index contributed by atoms with van der Waals surface area (Å²) in [6.07, 6.45) is 1.09. The smallest absolute Gasteiger partial charge is 0.227 e. The molecule has 5 heteroatoms. The number of anilines is 1. The van der Waals surface area contributed by atoms with Gasteiger partial charge in [-0.1, -0.05) is 5.16 Å². The van der Waals surface area contributed by atoms with Gasteiger partial charge < -0.3 is 10.1 Å². The molecule has 0 fully saturated rings. The lowest BCUT2D eigenvalue weighted by Crippen LogP contribution is -2.31. The molecule has 0 saturated heterocycles. The molecule has 1 aromatic rings. The number of rotatable bonds is 2. The normalized spacial score (nSPS) is 15.6. The zero-order valence-corrected chi connectivity index (χ0v) is 10.3. The second kappa shape index (κ2) is 4.60. The summed E-state index contributed by atoms with van der Waals surface area (Å²) < 4.78 is 0. The van der Waals surface area contributed by atoms with Gasteiger partial charge in [-0.25, -0.2) is 0 Å². The van der Waals surface area contributed by atoms with Crippen molar-refractivity contribution >= 4 is 23.1 Å². The number of aryl methyl sites for hydroxylation is 1. The summed E-state index contributed by atoms with van der Waals surface area (Å²) in [5, 5.41) is 11.5. The molecule has 0 unspecified atom stereocenters. The molecule has 0 bridgehead atoms. The molecule has 5 nitrogen and oxygen atoms in total. The van der Waals surface area contributed by atoms with E-state index in [0.717, 1.165) is 11.3 Å². The van der Waals surface area contributed by atoms with Crippen molar-refractivity contribution in [3.63, 3.8) is 0 Å². The molecule has 2 rings (SSSR count). The van der Waals surface area contributed by atoms with Gasteiger partial charge in [0.05, 0.1) is 0 Å². The lowest BCUT2D eigenvalue weighted by atomic mass is 9.97. The first-order valence-corrected chi connectivity index (χ1v) is 5.67. The van der Waals surface area contributed by atoms with Crippen molar-refractivity contribution in [3.05, 3.63) is 29.3 Å². The van der Waals surface area contributed by atoms with Gasteiger partial charge in [-0.05, 0) is 37.1 Å². The highest BCUT2D eigenvalue weighted by Gasteiger charge is 2.22. The first-order valence-electron chi connectivity index (χ1n) is 5.67. The Morgan fingerprint density at radius 1 is 1.39 bits per heavy atom. The topological polar surface area (TPSA) is 70.0 Å². The summed E-state index contributed by atoms with van der Waals surface area (Å²) in [7, 11) is 1.72. The van der Waals surface area contributed by atoms with Crippen LogP contribution in [0.15, 0.2) is 23.4 Å². The first-order chi connectivity index (χ1) is 8.54. The lowest BCUT2D eigenvalue weighted by molar-refractivity contribution is -0.118. The van der Waals surface area contributed by atoms with E-state index in [-0.39, 0.29) is 17.4 Å². The monoisotopic (exact) mass is 246 g/mol. The fourth-order valence-corrected chi connectivity index (χ4v) is 2.05. The van der Waals surface area contributed by atoms with Crippen LogP contribution in [0.3, 0.4) is 0 Å². The lowest BCUT2D eigenvalue weighted by Gasteiger charge is -2.25. The van der Waals surface area contributed by atoms with Crippen molar-refractivity contribution in [3.8, 4) is 0 Å². The maximum atomic E-state index is 11.8. The molecule has 1 heterocycles. The van der Waals surface area contributed by atoms with Crippen molar-refractivity contribution in [1.29, 1.82) is 0 Å². The minimum Gasteiger partial charge on any atom is -0.411 e. The molecule has 0 atom stereocenters. The van der Waals surface area contributed by atoms with Gasteiger partial charge in [0.1, 0.15) is 5.71 Å².